The van der Waals surface area contributed by atoms with E-state index < -0.39 is 0 Å². The minimum Gasteiger partial charge on any atom is -0.507 e. The van der Waals surface area contributed by atoms with E-state index in [1.807, 2.05) is 36.4 Å². The average molecular weight is 704 g/mol. The molecule has 0 aliphatic carbocycles. The van der Waals surface area contributed by atoms with Crippen molar-refractivity contribution in [3.05, 3.63) is 194 Å². The minimum atomic E-state index is 0.154. The average Bonchev–Trinajstić information content (AvgIpc) is 3.25. The normalized spacial score (nSPS) is 11.3. The Morgan fingerprint density at radius 1 is 0.291 bits per heavy atom. The van der Waals surface area contributed by atoms with Crippen molar-refractivity contribution in [2.45, 2.75) is 0 Å². The molecule has 0 amide bonds. The van der Waals surface area contributed by atoms with Crippen LogP contribution in [0, 0.1) is 0 Å². The Balaban J connectivity index is 1.12. The number of nitrogens with zero attached hydrogens (tertiary/aromatic N) is 3. The van der Waals surface area contributed by atoms with Crippen LogP contribution in [0.1, 0.15) is 0 Å². The summed E-state index contributed by atoms with van der Waals surface area (Å²) >= 11 is 0. The molecule has 0 spiro atoms. The lowest BCUT2D eigenvalue weighted by Gasteiger charge is -2.15. The first-order chi connectivity index (χ1) is 27.1. The minimum absolute atomic E-state index is 0.154. The molecule has 258 valence electrons. The maximum Gasteiger partial charge on any atom is 0.164 e. The van der Waals surface area contributed by atoms with Crippen LogP contribution in [-0.4, -0.2) is 20.1 Å². The standard InChI is InChI=1S/C51H33N3O/c55-47-21-9-20-46(48(47)42-17-7-16-40(31-42)41-28-22-33-10-1-3-13-38(33)30-41)51-53-49(52-50(54-51)43-29-23-34-11-2-4-14-39(34)32-43)37-26-24-36(25-27-37)45-19-8-15-35-12-5-6-18-44(35)45/h1-32,55H. The fraction of sp³-hybridized carbons (Fsp3) is 0. The van der Waals surface area contributed by atoms with E-state index in [1.54, 1.807) is 6.07 Å². The number of hydrogen-bond donors (Lipinski definition) is 1. The lowest BCUT2D eigenvalue weighted by Crippen LogP contribution is -2.01. The van der Waals surface area contributed by atoms with Gasteiger partial charge < -0.3 is 5.11 Å². The SMILES string of the molecule is Oc1cccc(-c2nc(-c3ccc(-c4cccc5ccccc45)cc3)nc(-c3ccc4ccccc4c3)n2)c1-c1cccc(-c2ccc3ccccc3c2)c1. The van der Waals surface area contributed by atoms with Crippen LogP contribution >= 0.6 is 0 Å². The largest absolute Gasteiger partial charge is 0.507 e. The zero-order valence-corrected chi connectivity index (χ0v) is 29.8. The van der Waals surface area contributed by atoms with Crippen LogP contribution < -0.4 is 0 Å². The van der Waals surface area contributed by atoms with E-state index in [0.29, 0.717) is 28.6 Å². The fourth-order valence-corrected chi connectivity index (χ4v) is 7.61. The molecule has 0 atom stereocenters. The van der Waals surface area contributed by atoms with Gasteiger partial charge in [-0.25, -0.2) is 15.0 Å². The molecule has 4 nitrogen and oxygen atoms in total. The lowest BCUT2D eigenvalue weighted by molar-refractivity contribution is 0.477. The molecular formula is C51H33N3O. The molecule has 4 heteroatoms. The summed E-state index contributed by atoms with van der Waals surface area (Å²) in [6, 6.07) is 66.6. The Morgan fingerprint density at radius 2 is 0.782 bits per heavy atom. The zero-order chi connectivity index (χ0) is 36.7. The van der Waals surface area contributed by atoms with Crippen molar-refractivity contribution in [1.29, 1.82) is 0 Å². The van der Waals surface area contributed by atoms with Crippen molar-refractivity contribution in [2.24, 2.45) is 0 Å². The number of phenols is 1. The molecule has 1 N–H and O–H groups in total. The maximum atomic E-state index is 11.5. The van der Waals surface area contributed by atoms with Gasteiger partial charge in [-0.05, 0) is 84.4 Å². The summed E-state index contributed by atoms with van der Waals surface area (Å²) in [4.78, 5) is 15.3. The molecule has 0 saturated carbocycles. The summed E-state index contributed by atoms with van der Waals surface area (Å²) in [5, 5.41) is 18.6. The van der Waals surface area contributed by atoms with E-state index in [4.69, 9.17) is 15.0 Å². The highest BCUT2D eigenvalue weighted by molar-refractivity contribution is 5.97. The summed E-state index contributed by atoms with van der Waals surface area (Å²) in [5.74, 6) is 1.75. The molecule has 0 aliphatic heterocycles. The van der Waals surface area contributed by atoms with Gasteiger partial charge in [-0.15, -0.1) is 0 Å². The number of fused-ring (bicyclic) bond motifs is 3. The van der Waals surface area contributed by atoms with E-state index >= 15 is 0 Å². The summed E-state index contributed by atoms with van der Waals surface area (Å²) < 4.78 is 0. The first-order valence-corrected chi connectivity index (χ1v) is 18.4. The van der Waals surface area contributed by atoms with E-state index in [1.165, 1.54) is 27.1 Å². The third kappa shape index (κ3) is 6.06. The topological polar surface area (TPSA) is 58.9 Å². The van der Waals surface area contributed by atoms with Crippen LogP contribution in [0.5, 0.6) is 5.75 Å². The molecule has 1 heterocycles. The molecule has 0 fully saturated rings. The highest BCUT2D eigenvalue weighted by Crippen LogP contribution is 2.40. The Bertz CT molecular complexity index is 3050. The molecule has 10 rings (SSSR count). The van der Waals surface area contributed by atoms with Crippen LogP contribution in [0.25, 0.3) is 99.9 Å². The van der Waals surface area contributed by atoms with Crippen molar-refractivity contribution in [3.63, 3.8) is 0 Å². The highest BCUT2D eigenvalue weighted by Gasteiger charge is 2.19. The molecule has 0 bridgehead atoms. The van der Waals surface area contributed by atoms with Gasteiger partial charge in [0.1, 0.15) is 5.75 Å². The summed E-state index contributed by atoms with van der Waals surface area (Å²) in [6.45, 7) is 0. The number of rotatable bonds is 6. The Morgan fingerprint density at radius 3 is 1.55 bits per heavy atom. The van der Waals surface area contributed by atoms with Crippen LogP contribution in [0.4, 0.5) is 0 Å². The molecule has 1 aromatic heterocycles. The lowest BCUT2D eigenvalue weighted by atomic mass is 9.94. The van der Waals surface area contributed by atoms with Crippen molar-refractivity contribution in [1.82, 2.24) is 15.0 Å². The van der Waals surface area contributed by atoms with Gasteiger partial charge in [0.2, 0.25) is 0 Å². The Hall–Kier alpha value is -7.43. The van der Waals surface area contributed by atoms with Gasteiger partial charge in [0.05, 0.1) is 0 Å². The predicted octanol–water partition coefficient (Wildman–Crippen LogP) is 13.0. The van der Waals surface area contributed by atoms with Crippen molar-refractivity contribution in [2.75, 3.05) is 0 Å². The fourth-order valence-electron chi connectivity index (χ4n) is 7.61. The maximum absolute atomic E-state index is 11.5. The third-order valence-electron chi connectivity index (χ3n) is 10.4. The third-order valence-corrected chi connectivity index (χ3v) is 10.4. The number of aromatic hydroxyl groups is 1. The second-order valence-corrected chi connectivity index (χ2v) is 13.8. The van der Waals surface area contributed by atoms with Gasteiger partial charge in [-0.2, -0.15) is 0 Å². The molecule has 0 aliphatic rings. The molecule has 10 aromatic rings. The Labute approximate surface area is 318 Å². The monoisotopic (exact) mass is 703 g/mol. The van der Waals surface area contributed by atoms with E-state index in [-0.39, 0.29) is 5.75 Å². The van der Waals surface area contributed by atoms with E-state index in [2.05, 4.69) is 152 Å². The van der Waals surface area contributed by atoms with E-state index in [9.17, 15) is 5.11 Å². The summed E-state index contributed by atoms with van der Waals surface area (Å²) in [6.07, 6.45) is 0. The van der Waals surface area contributed by atoms with Crippen LogP contribution in [-0.2, 0) is 0 Å². The molecule has 9 aromatic carbocycles. The summed E-state index contributed by atoms with van der Waals surface area (Å²) in [7, 11) is 0. The number of phenolic OH excluding ortho intramolecular Hbond substituents is 1. The molecule has 0 unspecified atom stereocenters. The van der Waals surface area contributed by atoms with Crippen molar-refractivity contribution < 1.29 is 5.11 Å². The second kappa shape index (κ2) is 13.5. The highest BCUT2D eigenvalue weighted by atomic mass is 16.3. The molecule has 0 radical (unpaired) electrons. The first-order valence-electron chi connectivity index (χ1n) is 18.4. The molecule has 55 heavy (non-hydrogen) atoms. The quantitative estimate of drug-likeness (QED) is 0.187. The summed E-state index contributed by atoms with van der Waals surface area (Å²) in [5.41, 5.74) is 8.45. The molecule has 0 saturated heterocycles. The predicted molar refractivity (Wildman–Crippen MR) is 227 cm³/mol. The van der Waals surface area contributed by atoms with Gasteiger partial charge in [0, 0.05) is 22.3 Å². The first kappa shape index (κ1) is 32.2. The molecular weight excluding hydrogens is 671 g/mol. The van der Waals surface area contributed by atoms with Crippen LogP contribution in [0.2, 0.25) is 0 Å². The van der Waals surface area contributed by atoms with Gasteiger partial charge in [0.25, 0.3) is 0 Å². The van der Waals surface area contributed by atoms with Crippen molar-refractivity contribution >= 4 is 32.3 Å². The second-order valence-electron chi connectivity index (χ2n) is 13.8. The number of aromatic nitrogens is 3. The zero-order valence-electron chi connectivity index (χ0n) is 29.8. The van der Waals surface area contributed by atoms with E-state index in [0.717, 1.165) is 44.2 Å². The van der Waals surface area contributed by atoms with Crippen molar-refractivity contribution in [3.8, 4) is 73.3 Å². The van der Waals surface area contributed by atoms with Gasteiger partial charge in [-0.1, -0.05) is 170 Å². The Kier molecular flexibility index (Phi) is 7.93. The van der Waals surface area contributed by atoms with Gasteiger partial charge in [0.15, 0.2) is 17.5 Å². The number of benzene rings is 9. The van der Waals surface area contributed by atoms with Gasteiger partial charge in [-0.3, -0.25) is 0 Å². The number of hydrogen-bond acceptors (Lipinski definition) is 4. The van der Waals surface area contributed by atoms with Crippen LogP contribution in [0.15, 0.2) is 194 Å². The van der Waals surface area contributed by atoms with Crippen LogP contribution in [0.3, 0.4) is 0 Å². The smallest absolute Gasteiger partial charge is 0.164 e. The van der Waals surface area contributed by atoms with Gasteiger partial charge >= 0.3 is 0 Å².